The summed E-state index contributed by atoms with van der Waals surface area (Å²) in [5, 5.41) is 11.9. The summed E-state index contributed by atoms with van der Waals surface area (Å²) in [6.07, 6.45) is 0. The molecular weight excluding hydrogens is 541 g/mol. The third-order valence-electron chi connectivity index (χ3n) is 6.55. The number of amides is 1. The molecule has 1 aliphatic heterocycles. The molecule has 202 valence electrons. The fraction of sp³-hybridized carbons (Fsp3) is 0.233. The van der Waals surface area contributed by atoms with Crippen LogP contribution in [0.1, 0.15) is 53.9 Å². The number of halogens is 2. The molecule has 0 spiro atoms. The van der Waals surface area contributed by atoms with Gasteiger partial charge in [0, 0.05) is 10.7 Å². The SMILES string of the molecule is COC(=O)c1cccc(N2C(=O)C(=O)/C(=C(/O)c3cc(Cl)cc(Cl)c3OC)C2c2ccc(C(C)(C)C)cc2)c1. The summed E-state index contributed by atoms with van der Waals surface area (Å²) in [7, 11) is 2.62. The highest BCUT2D eigenvalue weighted by Crippen LogP contribution is 2.45. The Morgan fingerprint density at radius 1 is 0.974 bits per heavy atom. The van der Waals surface area contributed by atoms with Crippen molar-refractivity contribution in [3.63, 3.8) is 0 Å². The number of rotatable bonds is 5. The Hall–Kier alpha value is -3.81. The van der Waals surface area contributed by atoms with E-state index >= 15 is 0 Å². The molecule has 4 rings (SSSR count). The smallest absolute Gasteiger partial charge is 0.337 e. The summed E-state index contributed by atoms with van der Waals surface area (Å²) < 4.78 is 10.2. The topological polar surface area (TPSA) is 93.1 Å². The molecule has 1 fully saturated rings. The lowest BCUT2D eigenvalue weighted by Gasteiger charge is -2.27. The van der Waals surface area contributed by atoms with E-state index in [0.29, 0.717) is 5.56 Å². The number of benzene rings is 3. The van der Waals surface area contributed by atoms with Gasteiger partial charge in [0.25, 0.3) is 11.7 Å². The number of nitrogens with zero attached hydrogens (tertiary/aromatic N) is 1. The van der Waals surface area contributed by atoms with Crippen LogP contribution in [0, 0.1) is 0 Å². The maximum atomic E-state index is 13.6. The van der Waals surface area contributed by atoms with Gasteiger partial charge in [-0.3, -0.25) is 14.5 Å². The number of esters is 1. The number of Topliss-reactive ketones (excluding diaryl/α,β-unsaturated/α-hetero) is 1. The highest BCUT2D eigenvalue weighted by Gasteiger charge is 2.47. The van der Waals surface area contributed by atoms with Crippen molar-refractivity contribution in [3.8, 4) is 5.75 Å². The normalized spacial score (nSPS) is 16.9. The number of hydrogen-bond acceptors (Lipinski definition) is 6. The molecule has 0 bridgehead atoms. The minimum absolute atomic E-state index is 0.0626. The minimum Gasteiger partial charge on any atom is -0.507 e. The van der Waals surface area contributed by atoms with E-state index < -0.39 is 29.5 Å². The van der Waals surface area contributed by atoms with E-state index in [1.165, 1.54) is 43.4 Å². The van der Waals surface area contributed by atoms with Gasteiger partial charge in [-0.1, -0.05) is 74.3 Å². The summed E-state index contributed by atoms with van der Waals surface area (Å²) >= 11 is 12.5. The van der Waals surface area contributed by atoms with Crippen LogP contribution in [0.5, 0.6) is 5.75 Å². The molecule has 1 atom stereocenters. The Labute approximate surface area is 236 Å². The molecule has 0 aliphatic carbocycles. The van der Waals surface area contributed by atoms with Gasteiger partial charge in [-0.05, 0) is 46.9 Å². The molecule has 1 heterocycles. The first-order chi connectivity index (χ1) is 18.4. The molecule has 0 aromatic heterocycles. The molecule has 1 N–H and O–H groups in total. The van der Waals surface area contributed by atoms with Gasteiger partial charge in [0.05, 0.1) is 42.0 Å². The second-order valence-electron chi connectivity index (χ2n) is 10.1. The van der Waals surface area contributed by atoms with Gasteiger partial charge in [-0.25, -0.2) is 4.79 Å². The zero-order valence-electron chi connectivity index (χ0n) is 22.0. The molecule has 1 saturated heterocycles. The van der Waals surface area contributed by atoms with Crippen molar-refractivity contribution in [2.45, 2.75) is 32.2 Å². The maximum Gasteiger partial charge on any atom is 0.337 e. The molecule has 0 saturated carbocycles. The maximum absolute atomic E-state index is 13.6. The van der Waals surface area contributed by atoms with Crippen molar-refractivity contribution in [2.24, 2.45) is 0 Å². The Morgan fingerprint density at radius 3 is 2.23 bits per heavy atom. The number of ketones is 1. The van der Waals surface area contributed by atoms with Gasteiger partial charge in [-0.2, -0.15) is 0 Å². The van der Waals surface area contributed by atoms with Crippen LogP contribution in [0.25, 0.3) is 5.76 Å². The highest BCUT2D eigenvalue weighted by molar-refractivity contribution is 6.52. The Bertz CT molecular complexity index is 1500. The van der Waals surface area contributed by atoms with Crippen molar-refractivity contribution in [1.82, 2.24) is 0 Å². The fourth-order valence-corrected chi connectivity index (χ4v) is 5.14. The predicted molar refractivity (Wildman–Crippen MR) is 151 cm³/mol. The molecular formula is C30H27Cl2NO6. The van der Waals surface area contributed by atoms with E-state index in [0.717, 1.165) is 5.56 Å². The number of aliphatic hydroxyl groups excluding tert-OH is 1. The average molecular weight is 568 g/mol. The van der Waals surface area contributed by atoms with Gasteiger partial charge in [-0.15, -0.1) is 0 Å². The Morgan fingerprint density at radius 2 is 1.64 bits per heavy atom. The Balaban J connectivity index is 2.00. The van der Waals surface area contributed by atoms with E-state index in [4.69, 9.17) is 32.7 Å². The van der Waals surface area contributed by atoms with E-state index in [9.17, 15) is 19.5 Å². The molecule has 39 heavy (non-hydrogen) atoms. The van der Waals surface area contributed by atoms with Crippen LogP contribution in [0.15, 0.2) is 66.2 Å². The van der Waals surface area contributed by atoms with Crippen molar-refractivity contribution in [1.29, 1.82) is 0 Å². The summed E-state index contributed by atoms with van der Waals surface area (Å²) in [4.78, 5) is 40.6. The monoisotopic (exact) mass is 567 g/mol. The van der Waals surface area contributed by atoms with Crippen LogP contribution >= 0.6 is 23.2 Å². The predicted octanol–water partition coefficient (Wildman–Crippen LogP) is 6.71. The van der Waals surface area contributed by atoms with E-state index in [2.05, 4.69) is 20.8 Å². The lowest BCUT2D eigenvalue weighted by atomic mass is 9.85. The lowest BCUT2D eigenvalue weighted by molar-refractivity contribution is -0.132. The number of hydrogen-bond donors (Lipinski definition) is 1. The fourth-order valence-electron chi connectivity index (χ4n) is 4.57. The van der Waals surface area contributed by atoms with Crippen molar-refractivity contribution >= 4 is 52.3 Å². The van der Waals surface area contributed by atoms with Crippen molar-refractivity contribution in [3.05, 3.63) is 98.5 Å². The van der Waals surface area contributed by atoms with Gasteiger partial charge < -0.3 is 14.6 Å². The minimum atomic E-state index is -1.03. The molecule has 1 amide bonds. The standard InChI is InChI=1S/C30H27Cl2NO6/c1-30(2,3)18-11-9-16(10-12-18)24-23(25(34)21-14-19(31)15-22(32)27(21)38-4)26(35)28(36)33(24)20-8-6-7-17(13-20)29(37)39-5/h6-15,24,34H,1-5H3/b25-23+. The molecule has 3 aromatic rings. The number of ether oxygens (including phenoxy) is 2. The first-order valence-electron chi connectivity index (χ1n) is 12.0. The van der Waals surface area contributed by atoms with Gasteiger partial charge in [0.2, 0.25) is 0 Å². The summed E-state index contributed by atoms with van der Waals surface area (Å²) in [5.74, 6) is -2.79. The molecule has 0 radical (unpaired) electrons. The van der Waals surface area contributed by atoms with Crippen LogP contribution in [0.3, 0.4) is 0 Å². The van der Waals surface area contributed by atoms with Crippen LogP contribution in [0.4, 0.5) is 5.69 Å². The molecule has 1 aliphatic rings. The quantitative estimate of drug-likeness (QED) is 0.159. The first-order valence-corrected chi connectivity index (χ1v) is 12.8. The van der Waals surface area contributed by atoms with Crippen molar-refractivity contribution < 1.29 is 29.0 Å². The summed E-state index contributed by atoms with van der Waals surface area (Å²) in [6.45, 7) is 6.21. The van der Waals surface area contributed by atoms with Gasteiger partial charge in [0.1, 0.15) is 11.5 Å². The summed E-state index contributed by atoms with van der Waals surface area (Å²) in [5.41, 5.74) is 1.83. The molecule has 7 nitrogen and oxygen atoms in total. The Kier molecular flexibility index (Phi) is 7.77. The average Bonchev–Trinajstić information content (AvgIpc) is 3.17. The van der Waals surface area contributed by atoms with E-state index in [-0.39, 0.29) is 43.6 Å². The van der Waals surface area contributed by atoms with E-state index in [1.807, 2.05) is 24.3 Å². The second-order valence-corrected chi connectivity index (χ2v) is 10.9. The highest BCUT2D eigenvalue weighted by atomic mass is 35.5. The molecule has 1 unspecified atom stereocenters. The molecule has 9 heteroatoms. The second kappa shape index (κ2) is 10.8. The first kappa shape index (κ1) is 28.2. The summed E-state index contributed by atoms with van der Waals surface area (Å²) in [6, 6.07) is 15.5. The zero-order chi connectivity index (χ0) is 28.6. The van der Waals surface area contributed by atoms with Crippen LogP contribution in [-0.2, 0) is 19.7 Å². The third kappa shape index (κ3) is 5.24. The van der Waals surface area contributed by atoms with Crippen molar-refractivity contribution in [2.75, 3.05) is 19.1 Å². The van der Waals surface area contributed by atoms with Crippen LogP contribution in [0.2, 0.25) is 10.0 Å². The number of aliphatic hydroxyl groups is 1. The van der Waals surface area contributed by atoms with E-state index in [1.54, 1.807) is 12.1 Å². The van der Waals surface area contributed by atoms with Gasteiger partial charge in [0.15, 0.2) is 0 Å². The number of methoxy groups -OCH3 is 2. The van der Waals surface area contributed by atoms with Crippen LogP contribution in [-0.4, -0.2) is 37.0 Å². The number of anilines is 1. The number of carbonyl (C=O) groups is 3. The third-order valence-corrected chi connectivity index (χ3v) is 7.05. The lowest BCUT2D eigenvalue weighted by Crippen LogP contribution is -2.29. The van der Waals surface area contributed by atoms with Crippen LogP contribution < -0.4 is 9.64 Å². The zero-order valence-corrected chi connectivity index (χ0v) is 23.6. The largest absolute Gasteiger partial charge is 0.507 e. The molecule has 3 aromatic carbocycles. The van der Waals surface area contributed by atoms with Gasteiger partial charge >= 0.3 is 5.97 Å². The number of carbonyl (C=O) groups excluding carboxylic acids is 3.